The highest BCUT2D eigenvalue weighted by Crippen LogP contribution is 2.29. The molecule has 6 rings (SSSR count). The lowest BCUT2D eigenvalue weighted by molar-refractivity contribution is -0.149. The Bertz CT molecular complexity index is 2390. The summed E-state index contributed by atoms with van der Waals surface area (Å²) in [6.45, 7) is 0.229. The number of likely N-dealkylation sites (tertiary alicyclic amines) is 1. The van der Waals surface area contributed by atoms with Crippen molar-refractivity contribution in [3.8, 4) is 0 Å². The van der Waals surface area contributed by atoms with Crippen LogP contribution in [0.1, 0.15) is 72.3 Å². The number of rotatable bonds is 21. The van der Waals surface area contributed by atoms with Gasteiger partial charge in [-0.2, -0.15) is 0 Å². The van der Waals surface area contributed by atoms with Crippen molar-refractivity contribution >= 4 is 50.5 Å². The number of alkyl carbamates (subject to hydrolysis) is 1. The molecule has 2 amide bonds. The van der Waals surface area contributed by atoms with Gasteiger partial charge in [0.05, 0.1) is 17.5 Å². The number of aromatic nitrogens is 1. The second-order valence-corrected chi connectivity index (χ2v) is 17.6. The molecule has 3 N–H and O–H groups in total. The minimum absolute atomic E-state index is 0.0311. The Labute approximate surface area is 361 Å². The summed E-state index contributed by atoms with van der Waals surface area (Å²) in [6, 6.07) is 29.5. The normalized spacial score (nSPS) is 16.1. The van der Waals surface area contributed by atoms with Crippen LogP contribution in [0.15, 0.2) is 119 Å². The van der Waals surface area contributed by atoms with Crippen LogP contribution in [0.3, 0.4) is 0 Å². The van der Waals surface area contributed by atoms with Crippen molar-refractivity contribution < 1.29 is 46.3 Å². The van der Waals surface area contributed by atoms with Gasteiger partial charge in [0.25, 0.3) is 5.89 Å². The van der Waals surface area contributed by atoms with E-state index in [0.717, 1.165) is 22.9 Å². The average Bonchev–Trinajstić information content (AvgIpc) is 3.91. The number of amides is 2. The number of oxazole rings is 1. The van der Waals surface area contributed by atoms with E-state index in [4.69, 9.17) is 19.6 Å². The van der Waals surface area contributed by atoms with E-state index < -0.39 is 63.5 Å². The number of carbonyl (C=O) groups is 5. The molecular weight excluding hydrogens is 813 g/mol. The number of para-hydroxylation sites is 2. The fourth-order valence-corrected chi connectivity index (χ4v) is 8.17. The van der Waals surface area contributed by atoms with Crippen LogP contribution in [0.2, 0.25) is 0 Å². The molecular formula is C47H52N4O10S. The highest BCUT2D eigenvalue weighted by Gasteiger charge is 2.44. The smallest absolute Gasteiger partial charge is 0.408 e. The fourth-order valence-electron chi connectivity index (χ4n) is 7.54. The summed E-state index contributed by atoms with van der Waals surface area (Å²) in [4.78, 5) is 75.6. The molecule has 0 unspecified atom stereocenters. The number of hydrogen-bond acceptors (Lipinski definition) is 12. The summed E-state index contributed by atoms with van der Waals surface area (Å²) in [6.07, 6.45) is 1.43. The SMILES string of the molecule is CS(=O)(=O)c1ccc(CCC(=O)O[C@@H]2C[C@@H](C(=O)C[C@@H](CCCCN)C(=O)c3nc4ccccc4o3)N(C(=O)[C@@H](CCc3ccccc3)NC(=O)OCc3ccccc3)C2)cc1. The van der Waals surface area contributed by atoms with Crippen LogP contribution in [-0.2, 0) is 53.1 Å². The number of nitrogens with two attached hydrogens (primary N) is 1. The molecule has 1 saturated heterocycles. The number of Topliss-reactive ketones (excluding diaryl/α,β-unsaturated/α-hetero) is 2. The molecule has 0 spiro atoms. The minimum Gasteiger partial charge on any atom is -0.460 e. The number of ether oxygens (including phenoxy) is 2. The summed E-state index contributed by atoms with van der Waals surface area (Å²) in [7, 11) is -3.39. The van der Waals surface area contributed by atoms with Gasteiger partial charge in [0.1, 0.15) is 24.3 Å². The molecule has 1 aliphatic heterocycles. The van der Waals surface area contributed by atoms with Gasteiger partial charge in [-0.1, -0.05) is 91.3 Å². The van der Waals surface area contributed by atoms with Gasteiger partial charge >= 0.3 is 12.1 Å². The number of aryl methyl sites for hydroxylation is 2. The Kier molecular flexibility index (Phi) is 15.8. The van der Waals surface area contributed by atoms with E-state index in [2.05, 4.69) is 10.3 Å². The first-order valence-corrected chi connectivity index (χ1v) is 22.7. The Hall–Kier alpha value is -6.19. The lowest BCUT2D eigenvalue weighted by atomic mass is 9.89. The van der Waals surface area contributed by atoms with Gasteiger partial charge in [0, 0.05) is 31.4 Å². The molecule has 0 aliphatic carbocycles. The van der Waals surface area contributed by atoms with Gasteiger partial charge in [0.15, 0.2) is 21.2 Å². The van der Waals surface area contributed by atoms with E-state index in [9.17, 15) is 32.4 Å². The van der Waals surface area contributed by atoms with E-state index in [1.54, 1.807) is 48.5 Å². The highest BCUT2D eigenvalue weighted by molar-refractivity contribution is 7.90. The molecule has 0 radical (unpaired) electrons. The van der Waals surface area contributed by atoms with Gasteiger partial charge in [-0.15, -0.1) is 0 Å². The number of nitrogens with one attached hydrogen (secondary N) is 1. The van der Waals surface area contributed by atoms with Crippen molar-refractivity contribution in [1.29, 1.82) is 0 Å². The predicted molar refractivity (Wildman–Crippen MR) is 231 cm³/mol. The first-order chi connectivity index (χ1) is 29.9. The molecule has 1 fully saturated rings. The number of sulfone groups is 1. The summed E-state index contributed by atoms with van der Waals surface area (Å²) in [5.41, 5.74) is 9.12. The van der Waals surface area contributed by atoms with Gasteiger partial charge in [-0.25, -0.2) is 18.2 Å². The van der Waals surface area contributed by atoms with E-state index in [1.165, 1.54) is 17.0 Å². The molecule has 0 saturated carbocycles. The lowest BCUT2D eigenvalue weighted by Crippen LogP contribution is -2.52. The third-order valence-corrected chi connectivity index (χ3v) is 12.0. The number of nitrogens with zero attached hydrogens (tertiary/aromatic N) is 2. The van der Waals surface area contributed by atoms with Crippen LogP contribution in [0.25, 0.3) is 11.1 Å². The van der Waals surface area contributed by atoms with E-state index in [0.29, 0.717) is 43.3 Å². The molecule has 1 aromatic heterocycles. The van der Waals surface area contributed by atoms with Crippen molar-refractivity contribution in [2.75, 3.05) is 19.3 Å². The zero-order valence-corrected chi connectivity index (χ0v) is 35.5. The van der Waals surface area contributed by atoms with E-state index in [-0.39, 0.29) is 56.0 Å². The molecule has 5 aromatic rings. The molecule has 14 nitrogen and oxygen atoms in total. The van der Waals surface area contributed by atoms with E-state index >= 15 is 0 Å². The Morgan fingerprint density at radius 2 is 1.50 bits per heavy atom. The number of hydrogen-bond donors (Lipinski definition) is 2. The van der Waals surface area contributed by atoms with Crippen LogP contribution in [-0.4, -0.2) is 85.4 Å². The number of carbonyl (C=O) groups excluding carboxylic acids is 5. The minimum atomic E-state index is -3.39. The van der Waals surface area contributed by atoms with Gasteiger partial charge in [-0.05, 0) is 79.6 Å². The van der Waals surface area contributed by atoms with Crippen molar-refractivity contribution in [3.63, 3.8) is 0 Å². The largest absolute Gasteiger partial charge is 0.460 e. The number of benzene rings is 4. The first kappa shape index (κ1) is 45.3. The average molecular weight is 865 g/mol. The molecule has 62 heavy (non-hydrogen) atoms. The second kappa shape index (κ2) is 21.6. The summed E-state index contributed by atoms with van der Waals surface area (Å²) >= 11 is 0. The highest BCUT2D eigenvalue weighted by atomic mass is 32.2. The zero-order valence-electron chi connectivity index (χ0n) is 34.6. The van der Waals surface area contributed by atoms with Crippen LogP contribution in [0, 0.1) is 5.92 Å². The van der Waals surface area contributed by atoms with Crippen molar-refractivity contribution in [2.24, 2.45) is 11.7 Å². The number of unbranched alkanes of at least 4 members (excludes halogenated alkanes) is 1. The summed E-state index contributed by atoms with van der Waals surface area (Å²) in [5, 5.41) is 2.73. The summed E-state index contributed by atoms with van der Waals surface area (Å²) < 4.78 is 41.0. The van der Waals surface area contributed by atoms with Crippen molar-refractivity contribution in [3.05, 3.63) is 132 Å². The van der Waals surface area contributed by atoms with Gasteiger partial charge < -0.3 is 29.8 Å². The van der Waals surface area contributed by atoms with Crippen LogP contribution in [0.4, 0.5) is 4.79 Å². The molecule has 0 bridgehead atoms. The molecule has 15 heteroatoms. The number of fused-ring (bicyclic) bond motifs is 1. The molecule has 4 atom stereocenters. The second-order valence-electron chi connectivity index (χ2n) is 15.6. The molecule has 4 aromatic carbocycles. The van der Waals surface area contributed by atoms with Crippen molar-refractivity contribution in [2.45, 2.75) is 87.5 Å². The summed E-state index contributed by atoms with van der Waals surface area (Å²) in [5.74, 6) is -2.96. The number of esters is 1. The standard InChI is InChI=1S/C47H52N4O10S/c1-62(57,58)37-23-19-33(20-24-37)22-26-43(53)60-36-29-40(41(52)28-35(16-10-11-27-48)44(54)45-49-38-17-8-9-18-42(38)61-45)51(30-36)46(55)39(25-21-32-12-4-2-5-13-32)50-47(56)59-31-34-14-6-3-7-15-34/h2-9,12-15,17-20,23-24,35-36,39-40H,10-11,16,21-22,25-31,48H2,1H3,(H,50,56)/t35-,36-,39-,40+/m1/s1. The first-order valence-electron chi connectivity index (χ1n) is 20.8. The van der Waals surface area contributed by atoms with Gasteiger partial charge in [0.2, 0.25) is 11.7 Å². The molecule has 1 aliphatic rings. The monoisotopic (exact) mass is 864 g/mol. The Morgan fingerprint density at radius 1 is 0.839 bits per heavy atom. The Morgan fingerprint density at radius 3 is 2.18 bits per heavy atom. The van der Waals surface area contributed by atoms with Crippen LogP contribution in [0.5, 0.6) is 0 Å². The molecule has 326 valence electrons. The van der Waals surface area contributed by atoms with Crippen LogP contribution >= 0.6 is 0 Å². The fraction of sp³-hybridized carbons (Fsp3) is 0.362. The predicted octanol–water partition coefficient (Wildman–Crippen LogP) is 6.19. The maximum absolute atomic E-state index is 14.7. The van der Waals surface area contributed by atoms with Crippen molar-refractivity contribution in [1.82, 2.24) is 15.2 Å². The van der Waals surface area contributed by atoms with Gasteiger partial charge in [-0.3, -0.25) is 19.2 Å². The topological polar surface area (TPSA) is 205 Å². The lowest BCUT2D eigenvalue weighted by Gasteiger charge is -2.29. The quantitative estimate of drug-likeness (QED) is 0.0481. The zero-order chi connectivity index (χ0) is 44.1. The van der Waals surface area contributed by atoms with Crippen LogP contribution < -0.4 is 11.1 Å². The third kappa shape index (κ3) is 12.7. The maximum atomic E-state index is 14.7. The maximum Gasteiger partial charge on any atom is 0.408 e. The Balaban J connectivity index is 1.22. The number of ketones is 2. The van der Waals surface area contributed by atoms with E-state index in [1.807, 2.05) is 48.5 Å². The molecule has 2 heterocycles. The third-order valence-electron chi connectivity index (χ3n) is 10.9.